The first-order chi connectivity index (χ1) is 18.5. The van der Waals surface area contributed by atoms with Crippen LogP contribution in [0.3, 0.4) is 0 Å². The third-order valence-electron chi connectivity index (χ3n) is 7.07. The largest absolute Gasteiger partial charge is 0.352 e. The van der Waals surface area contributed by atoms with Crippen molar-refractivity contribution in [3.8, 4) is 16.1 Å². The van der Waals surface area contributed by atoms with E-state index in [4.69, 9.17) is 11.6 Å². The Kier molecular flexibility index (Phi) is 6.98. The van der Waals surface area contributed by atoms with Crippen LogP contribution in [0.4, 0.5) is 0 Å². The van der Waals surface area contributed by atoms with Crippen LogP contribution in [-0.4, -0.2) is 46.5 Å². The molecule has 1 amide bonds. The summed E-state index contributed by atoms with van der Waals surface area (Å²) < 4.78 is 2.18. The van der Waals surface area contributed by atoms with Gasteiger partial charge in [0.05, 0.1) is 11.2 Å². The van der Waals surface area contributed by atoms with Crippen molar-refractivity contribution in [2.45, 2.75) is 19.3 Å². The predicted octanol–water partition coefficient (Wildman–Crippen LogP) is 6.14. The molecule has 1 saturated heterocycles. The quantitative estimate of drug-likeness (QED) is 0.251. The highest BCUT2D eigenvalue weighted by Gasteiger charge is 2.14. The van der Waals surface area contributed by atoms with Gasteiger partial charge in [-0.2, -0.15) is 0 Å². The molecule has 6 nitrogen and oxygen atoms in total. The van der Waals surface area contributed by atoms with Crippen molar-refractivity contribution in [3.05, 3.63) is 94.0 Å². The molecular weight excluding hydrogens is 516 g/mol. The number of thiophene rings is 1. The Hall–Kier alpha value is -3.52. The molecule has 1 aliphatic rings. The number of benzene rings is 3. The molecule has 0 saturated carbocycles. The Morgan fingerprint density at radius 2 is 1.74 bits per heavy atom. The summed E-state index contributed by atoms with van der Waals surface area (Å²) in [4.78, 5) is 34.0. The average Bonchev–Trinajstić information content (AvgIpc) is 3.62. The fraction of sp³-hybridized carbons (Fsp3) is 0.233. The number of hydrogen-bond donors (Lipinski definition) is 1. The van der Waals surface area contributed by atoms with E-state index in [0.29, 0.717) is 27.3 Å². The Balaban J connectivity index is 1.20. The molecule has 0 unspecified atom stereocenters. The highest BCUT2D eigenvalue weighted by Crippen LogP contribution is 2.31. The van der Waals surface area contributed by atoms with Gasteiger partial charge in [-0.1, -0.05) is 35.9 Å². The van der Waals surface area contributed by atoms with E-state index >= 15 is 0 Å². The Bertz CT molecular complexity index is 1690. The summed E-state index contributed by atoms with van der Waals surface area (Å²) in [6, 6.07) is 21.0. The smallest absolute Gasteiger partial charge is 0.275 e. The summed E-state index contributed by atoms with van der Waals surface area (Å²) in [6.45, 7) is 4.06. The zero-order valence-corrected chi connectivity index (χ0v) is 22.4. The SMILES string of the molecule is O=C(NCCCN1CCCC1)c1ccc2cc(-n3cnc4cc(-c5ccc(Cl)cc5)sc4c3=O)ccc2c1. The Morgan fingerprint density at radius 1 is 0.974 bits per heavy atom. The van der Waals surface area contributed by atoms with Crippen molar-refractivity contribution in [2.24, 2.45) is 0 Å². The van der Waals surface area contributed by atoms with Crippen LogP contribution in [0.15, 0.2) is 77.9 Å². The van der Waals surface area contributed by atoms with E-state index in [1.807, 2.05) is 66.7 Å². The summed E-state index contributed by atoms with van der Waals surface area (Å²) in [5.74, 6) is -0.0579. The summed E-state index contributed by atoms with van der Waals surface area (Å²) in [5.41, 5.74) is 2.94. The highest BCUT2D eigenvalue weighted by molar-refractivity contribution is 7.22. The monoisotopic (exact) mass is 542 g/mol. The molecular formula is C30H27ClN4O2S. The van der Waals surface area contributed by atoms with Crippen molar-refractivity contribution in [1.82, 2.24) is 19.8 Å². The second-order valence-corrected chi connectivity index (χ2v) is 11.1. The van der Waals surface area contributed by atoms with Gasteiger partial charge in [0.1, 0.15) is 11.0 Å². The molecule has 3 heterocycles. The van der Waals surface area contributed by atoms with Crippen molar-refractivity contribution in [1.29, 1.82) is 0 Å². The number of hydrogen-bond acceptors (Lipinski definition) is 5. The maximum Gasteiger partial charge on any atom is 0.275 e. The highest BCUT2D eigenvalue weighted by atomic mass is 35.5. The van der Waals surface area contributed by atoms with Crippen LogP contribution in [0, 0.1) is 0 Å². The van der Waals surface area contributed by atoms with E-state index < -0.39 is 0 Å². The predicted molar refractivity (Wildman–Crippen MR) is 156 cm³/mol. The van der Waals surface area contributed by atoms with Gasteiger partial charge in [-0.05, 0) is 97.7 Å². The third kappa shape index (κ3) is 5.10. The summed E-state index contributed by atoms with van der Waals surface area (Å²) in [7, 11) is 0. The maximum absolute atomic E-state index is 13.4. The first kappa shape index (κ1) is 24.8. The molecule has 1 fully saturated rings. The molecule has 6 rings (SSSR count). The van der Waals surface area contributed by atoms with E-state index in [9.17, 15) is 9.59 Å². The van der Waals surface area contributed by atoms with Crippen LogP contribution < -0.4 is 10.9 Å². The van der Waals surface area contributed by atoms with Gasteiger partial charge in [0.15, 0.2) is 0 Å². The fourth-order valence-corrected chi connectivity index (χ4v) is 6.16. The lowest BCUT2D eigenvalue weighted by atomic mass is 10.1. The molecule has 8 heteroatoms. The minimum atomic E-state index is -0.107. The molecule has 0 spiro atoms. The molecule has 2 aromatic heterocycles. The van der Waals surface area contributed by atoms with Crippen LogP contribution in [0.2, 0.25) is 5.02 Å². The van der Waals surface area contributed by atoms with Crippen molar-refractivity contribution in [3.63, 3.8) is 0 Å². The summed E-state index contributed by atoms with van der Waals surface area (Å²) >= 11 is 7.45. The number of carbonyl (C=O) groups is 1. The lowest BCUT2D eigenvalue weighted by molar-refractivity contribution is 0.0952. The molecule has 5 aromatic rings. The van der Waals surface area contributed by atoms with Crippen molar-refractivity contribution >= 4 is 49.8 Å². The van der Waals surface area contributed by atoms with Crippen LogP contribution in [0.1, 0.15) is 29.6 Å². The first-order valence-corrected chi connectivity index (χ1v) is 14.1. The molecule has 1 N–H and O–H groups in total. The average molecular weight is 543 g/mol. The number of rotatable bonds is 7. The van der Waals surface area contributed by atoms with Gasteiger partial charge in [0.25, 0.3) is 11.5 Å². The van der Waals surface area contributed by atoms with Crippen LogP contribution in [0.25, 0.3) is 37.1 Å². The number of nitrogens with one attached hydrogen (secondary N) is 1. The van der Waals surface area contributed by atoms with E-state index in [-0.39, 0.29) is 11.5 Å². The van der Waals surface area contributed by atoms with Gasteiger partial charge in [0, 0.05) is 22.0 Å². The molecule has 0 aliphatic carbocycles. The van der Waals surface area contributed by atoms with Gasteiger partial charge in [-0.15, -0.1) is 11.3 Å². The van der Waals surface area contributed by atoms with Crippen LogP contribution >= 0.6 is 22.9 Å². The van der Waals surface area contributed by atoms with Crippen molar-refractivity contribution < 1.29 is 4.79 Å². The molecule has 3 aromatic carbocycles. The lowest BCUT2D eigenvalue weighted by Crippen LogP contribution is -2.28. The Morgan fingerprint density at radius 3 is 2.55 bits per heavy atom. The summed E-state index contributed by atoms with van der Waals surface area (Å²) in [6.07, 6.45) is 5.10. The topological polar surface area (TPSA) is 67.2 Å². The minimum Gasteiger partial charge on any atom is -0.352 e. The normalized spacial score (nSPS) is 13.9. The molecule has 38 heavy (non-hydrogen) atoms. The zero-order valence-electron chi connectivity index (χ0n) is 20.8. The maximum atomic E-state index is 13.4. The van der Waals surface area contributed by atoms with E-state index in [1.165, 1.54) is 37.3 Å². The number of fused-ring (bicyclic) bond motifs is 2. The first-order valence-electron chi connectivity index (χ1n) is 12.9. The van der Waals surface area contributed by atoms with Gasteiger partial charge >= 0.3 is 0 Å². The number of aromatic nitrogens is 2. The van der Waals surface area contributed by atoms with Gasteiger partial charge in [0.2, 0.25) is 0 Å². The minimum absolute atomic E-state index is 0.0579. The van der Waals surface area contributed by atoms with Gasteiger partial charge < -0.3 is 10.2 Å². The Labute approximate surface area is 229 Å². The number of likely N-dealkylation sites (tertiary alicyclic amines) is 1. The molecule has 192 valence electrons. The number of nitrogens with zero attached hydrogens (tertiary/aromatic N) is 3. The number of amides is 1. The summed E-state index contributed by atoms with van der Waals surface area (Å²) in [5, 5.41) is 5.61. The second kappa shape index (κ2) is 10.7. The van der Waals surface area contributed by atoms with Gasteiger partial charge in [-0.25, -0.2) is 4.98 Å². The van der Waals surface area contributed by atoms with Crippen LogP contribution in [0.5, 0.6) is 0 Å². The fourth-order valence-electron chi connectivity index (χ4n) is 4.99. The molecule has 0 atom stereocenters. The van der Waals surface area contributed by atoms with E-state index in [1.54, 1.807) is 10.9 Å². The zero-order chi connectivity index (χ0) is 26.1. The van der Waals surface area contributed by atoms with Crippen molar-refractivity contribution in [2.75, 3.05) is 26.2 Å². The van der Waals surface area contributed by atoms with Gasteiger partial charge in [-0.3, -0.25) is 14.2 Å². The molecule has 1 aliphatic heterocycles. The number of halogens is 1. The van der Waals surface area contributed by atoms with Crippen LogP contribution in [-0.2, 0) is 0 Å². The standard InChI is InChI=1S/C30H27ClN4O2S/c31-24-9-6-20(7-10-24)27-18-26-28(38-27)30(37)35(19-33-26)25-11-8-21-16-23(5-4-22(21)17-25)29(36)32-12-3-15-34-13-1-2-14-34/h4-11,16-19H,1-3,12-15H2,(H,32,36). The van der Waals surface area contributed by atoms with E-state index in [0.717, 1.165) is 39.9 Å². The molecule has 0 radical (unpaired) electrons. The third-order valence-corrected chi connectivity index (χ3v) is 8.48. The van der Waals surface area contributed by atoms with E-state index in [2.05, 4.69) is 15.2 Å². The second-order valence-electron chi connectivity index (χ2n) is 9.66. The molecule has 0 bridgehead atoms. The number of carbonyl (C=O) groups excluding carboxylic acids is 1. The lowest BCUT2D eigenvalue weighted by Gasteiger charge is -2.14.